The standard InChI is InChI=1S/C8H18F2N2O2S/c1-3-11-5-4-6-15(13,14)12(2)7-8(9)10/h8,11H,3-7H2,1-2H3. The average Bonchev–Trinajstić information content (AvgIpc) is 2.11. The van der Waals surface area contributed by atoms with E-state index in [-0.39, 0.29) is 5.75 Å². The van der Waals surface area contributed by atoms with Gasteiger partial charge >= 0.3 is 0 Å². The SMILES string of the molecule is CCNCCCS(=O)(=O)N(C)CC(F)F. The third-order valence-electron chi connectivity index (χ3n) is 1.88. The summed E-state index contributed by atoms with van der Waals surface area (Å²) in [7, 11) is -2.35. The van der Waals surface area contributed by atoms with E-state index in [4.69, 9.17) is 0 Å². The van der Waals surface area contributed by atoms with Gasteiger partial charge in [-0.05, 0) is 19.5 Å². The fourth-order valence-corrected chi connectivity index (χ4v) is 2.18. The van der Waals surface area contributed by atoms with E-state index in [0.717, 1.165) is 6.54 Å². The van der Waals surface area contributed by atoms with Crippen molar-refractivity contribution in [2.45, 2.75) is 19.8 Å². The number of rotatable bonds is 8. The van der Waals surface area contributed by atoms with Crippen molar-refractivity contribution < 1.29 is 17.2 Å². The Kier molecular flexibility index (Phi) is 6.95. The summed E-state index contributed by atoms with van der Waals surface area (Å²) in [6, 6.07) is 0. The fraction of sp³-hybridized carbons (Fsp3) is 1.00. The summed E-state index contributed by atoms with van der Waals surface area (Å²) in [5, 5.41) is 2.97. The van der Waals surface area contributed by atoms with Crippen molar-refractivity contribution in [3.8, 4) is 0 Å². The highest BCUT2D eigenvalue weighted by Gasteiger charge is 2.20. The summed E-state index contributed by atoms with van der Waals surface area (Å²) < 4.78 is 47.4. The number of hydrogen-bond acceptors (Lipinski definition) is 3. The van der Waals surface area contributed by atoms with Gasteiger partial charge in [-0.1, -0.05) is 6.92 Å². The number of nitrogens with one attached hydrogen (secondary N) is 1. The summed E-state index contributed by atoms with van der Waals surface area (Å²) in [5.41, 5.74) is 0. The van der Waals surface area contributed by atoms with Crippen molar-refractivity contribution in [2.75, 3.05) is 32.4 Å². The lowest BCUT2D eigenvalue weighted by atomic mass is 10.5. The highest BCUT2D eigenvalue weighted by molar-refractivity contribution is 7.89. The molecule has 7 heteroatoms. The van der Waals surface area contributed by atoms with Crippen LogP contribution in [0, 0.1) is 0 Å². The molecule has 4 nitrogen and oxygen atoms in total. The first-order chi connectivity index (χ1) is 6.90. The maximum Gasteiger partial charge on any atom is 0.252 e. The zero-order valence-electron chi connectivity index (χ0n) is 9.04. The quantitative estimate of drug-likeness (QED) is 0.633. The summed E-state index contributed by atoms with van der Waals surface area (Å²) >= 11 is 0. The molecule has 0 aromatic carbocycles. The molecule has 92 valence electrons. The van der Waals surface area contributed by atoms with Gasteiger partial charge in [-0.2, -0.15) is 4.31 Å². The van der Waals surface area contributed by atoms with Crippen molar-refractivity contribution in [3.05, 3.63) is 0 Å². The number of halogens is 2. The molecular weight excluding hydrogens is 226 g/mol. The van der Waals surface area contributed by atoms with E-state index < -0.39 is 23.0 Å². The maximum atomic E-state index is 11.9. The molecule has 0 aromatic heterocycles. The van der Waals surface area contributed by atoms with Crippen molar-refractivity contribution in [2.24, 2.45) is 0 Å². The normalized spacial score (nSPS) is 12.7. The molecule has 0 unspecified atom stereocenters. The van der Waals surface area contributed by atoms with Crippen molar-refractivity contribution in [1.82, 2.24) is 9.62 Å². The summed E-state index contributed by atoms with van der Waals surface area (Å²) in [6.07, 6.45) is -2.19. The van der Waals surface area contributed by atoms with E-state index in [1.165, 1.54) is 7.05 Å². The van der Waals surface area contributed by atoms with Crippen molar-refractivity contribution in [3.63, 3.8) is 0 Å². The maximum absolute atomic E-state index is 11.9. The van der Waals surface area contributed by atoms with Crippen molar-refractivity contribution >= 4 is 10.0 Å². The molecule has 0 fully saturated rings. The van der Waals surface area contributed by atoms with Crippen LogP contribution >= 0.6 is 0 Å². The Bertz CT molecular complexity index is 257. The van der Waals surface area contributed by atoms with Crippen LogP contribution in [0.4, 0.5) is 8.78 Å². The molecule has 0 aliphatic heterocycles. The van der Waals surface area contributed by atoms with Gasteiger partial charge in [-0.15, -0.1) is 0 Å². The monoisotopic (exact) mass is 244 g/mol. The van der Waals surface area contributed by atoms with Gasteiger partial charge in [0, 0.05) is 7.05 Å². The molecule has 0 aromatic rings. The molecule has 0 amide bonds. The van der Waals surface area contributed by atoms with Gasteiger partial charge in [-0.3, -0.25) is 0 Å². The van der Waals surface area contributed by atoms with Gasteiger partial charge < -0.3 is 5.32 Å². The number of sulfonamides is 1. The predicted octanol–water partition coefficient (Wildman–Crippen LogP) is 0.513. The lowest BCUT2D eigenvalue weighted by molar-refractivity contribution is 0.126. The van der Waals surface area contributed by atoms with E-state index in [1.807, 2.05) is 6.92 Å². The molecule has 1 N–H and O–H groups in total. The highest BCUT2D eigenvalue weighted by Crippen LogP contribution is 2.04. The summed E-state index contributed by atoms with van der Waals surface area (Å²) in [4.78, 5) is 0. The molecule has 0 saturated heterocycles. The molecule has 0 atom stereocenters. The molecule has 0 heterocycles. The van der Waals surface area contributed by atoms with Gasteiger partial charge in [0.05, 0.1) is 12.3 Å². The second-order valence-electron chi connectivity index (χ2n) is 3.19. The van der Waals surface area contributed by atoms with Gasteiger partial charge in [0.15, 0.2) is 0 Å². The Morgan fingerprint density at radius 1 is 1.40 bits per heavy atom. The Morgan fingerprint density at radius 3 is 2.47 bits per heavy atom. The highest BCUT2D eigenvalue weighted by atomic mass is 32.2. The van der Waals surface area contributed by atoms with Crippen LogP contribution in [0.25, 0.3) is 0 Å². The van der Waals surface area contributed by atoms with E-state index in [2.05, 4.69) is 5.32 Å². The van der Waals surface area contributed by atoms with Gasteiger partial charge in [0.1, 0.15) is 0 Å². The minimum absolute atomic E-state index is 0.0940. The third-order valence-corrected chi connectivity index (χ3v) is 3.78. The van der Waals surface area contributed by atoms with Crippen LogP contribution in [0.5, 0.6) is 0 Å². The van der Waals surface area contributed by atoms with Crippen LogP contribution in [0.1, 0.15) is 13.3 Å². The second kappa shape index (κ2) is 7.08. The van der Waals surface area contributed by atoms with E-state index in [1.54, 1.807) is 0 Å². The molecule has 0 aliphatic rings. The molecule has 0 spiro atoms. The first kappa shape index (κ1) is 14.7. The zero-order chi connectivity index (χ0) is 11.9. The fourth-order valence-electron chi connectivity index (χ4n) is 1.02. The van der Waals surface area contributed by atoms with Gasteiger partial charge in [0.25, 0.3) is 6.43 Å². The van der Waals surface area contributed by atoms with Crippen LogP contribution in [-0.4, -0.2) is 51.6 Å². The topological polar surface area (TPSA) is 49.4 Å². The Morgan fingerprint density at radius 2 is 2.00 bits per heavy atom. The van der Waals surface area contributed by atoms with Crippen molar-refractivity contribution in [1.29, 1.82) is 0 Å². The number of alkyl halides is 2. The molecule has 0 bridgehead atoms. The molecule has 0 radical (unpaired) electrons. The first-order valence-corrected chi connectivity index (χ1v) is 6.44. The lowest BCUT2D eigenvalue weighted by Gasteiger charge is -2.16. The Hall–Kier alpha value is -0.270. The van der Waals surface area contributed by atoms with E-state index in [9.17, 15) is 17.2 Å². The molecule has 0 saturated carbocycles. The van der Waals surface area contributed by atoms with Crippen LogP contribution in [0.2, 0.25) is 0 Å². The summed E-state index contributed by atoms with van der Waals surface area (Å²) in [5.74, 6) is -0.0940. The zero-order valence-corrected chi connectivity index (χ0v) is 9.86. The third kappa shape index (κ3) is 6.75. The van der Waals surface area contributed by atoms with Crippen LogP contribution < -0.4 is 5.32 Å². The van der Waals surface area contributed by atoms with Gasteiger partial charge in [-0.25, -0.2) is 17.2 Å². The van der Waals surface area contributed by atoms with Gasteiger partial charge in [0.2, 0.25) is 10.0 Å². The minimum atomic E-state index is -3.52. The van der Waals surface area contributed by atoms with Crippen LogP contribution in [0.3, 0.4) is 0 Å². The number of hydrogen-bond donors (Lipinski definition) is 1. The average molecular weight is 244 g/mol. The molecule has 0 aliphatic carbocycles. The van der Waals surface area contributed by atoms with E-state index in [0.29, 0.717) is 17.3 Å². The van der Waals surface area contributed by atoms with Crippen LogP contribution in [0.15, 0.2) is 0 Å². The second-order valence-corrected chi connectivity index (χ2v) is 5.39. The molecular formula is C8H18F2N2O2S. The van der Waals surface area contributed by atoms with Crippen LogP contribution in [-0.2, 0) is 10.0 Å². The summed E-state index contributed by atoms with van der Waals surface area (Å²) in [6.45, 7) is 2.53. The smallest absolute Gasteiger partial charge is 0.252 e. The molecule has 15 heavy (non-hydrogen) atoms. The minimum Gasteiger partial charge on any atom is -0.317 e. The predicted molar refractivity (Wildman–Crippen MR) is 55.6 cm³/mol. The number of nitrogens with zero attached hydrogens (tertiary/aromatic N) is 1. The molecule has 0 rings (SSSR count). The lowest BCUT2D eigenvalue weighted by Crippen LogP contribution is -2.34. The largest absolute Gasteiger partial charge is 0.317 e. The Labute approximate surface area is 89.7 Å². The first-order valence-electron chi connectivity index (χ1n) is 4.83. The van der Waals surface area contributed by atoms with E-state index >= 15 is 0 Å². The Balaban J connectivity index is 3.95.